The third-order valence-electron chi connectivity index (χ3n) is 3.04. The molecule has 82 valence electrons. The van der Waals surface area contributed by atoms with Crippen LogP contribution in [-0.2, 0) is 15.1 Å². The highest BCUT2D eigenvalue weighted by Gasteiger charge is 2.33. The van der Waals surface area contributed by atoms with Crippen molar-refractivity contribution in [1.82, 2.24) is 0 Å². The van der Waals surface area contributed by atoms with Gasteiger partial charge in [0.05, 0.1) is 14.6 Å². The van der Waals surface area contributed by atoms with Gasteiger partial charge in [-0.15, -0.1) is 0 Å². The first-order valence-corrected chi connectivity index (χ1v) is 7.41. The molecule has 2 nitrogen and oxygen atoms in total. The molecule has 0 saturated carbocycles. The molecule has 0 fully saturated rings. The van der Waals surface area contributed by atoms with E-state index in [1.807, 2.05) is 18.2 Å². The number of benzene rings is 1. The first kappa shape index (κ1) is 11.1. The molecule has 1 aliphatic rings. The van der Waals surface area contributed by atoms with Crippen LogP contribution in [0.2, 0.25) is 0 Å². The van der Waals surface area contributed by atoms with Gasteiger partial charge in [-0.05, 0) is 35.6 Å². The lowest BCUT2D eigenvalue weighted by atomic mass is 9.82. The summed E-state index contributed by atoms with van der Waals surface area (Å²) >= 11 is 3.43. The third kappa shape index (κ3) is 1.85. The second kappa shape index (κ2) is 3.32. The average molecular weight is 288 g/mol. The number of rotatable bonds is 0. The van der Waals surface area contributed by atoms with Gasteiger partial charge in [0.25, 0.3) is 0 Å². The fourth-order valence-corrected chi connectivity index (χ4v) is 4.32. The second-order valence-corrected chi connectivity index (χ2v) is 7.77. The Balaban J connectivity index is 2.76. The van der Waals surface area contributed by atoms with Crippen LogP contribution in [-0.4, -0.2) is 9.96 Å². The summed E-state index contributed by atoms with van der Waals surface area (Å²) in [7, 11) is -2.55. The van der Waals surface area contributed by atoms with E-state index in [-0.39, 0.29) is 5.41 Å². The fourth-order valence-electron chi connectivity index (χ4n) is 1.96. The molecule has 1 heterocycles. The molecule has 2 rings (SSSR count). The molecular weight excluding hydrogens is 274 g/mol. The highest BCUT2D eigenvalue weighted by Crippen LogP contribution is 2.39. The van der Waals surface area contributed by atoms with E-state index < -0.39 is 9.73 Å². The minimum atomic E-state index is -2.55. The topological polar surface area (TPSA) is 40.9 Å². The molecule has 15 heavy (non-hydrogen) atoms. The number of halogens is 1. The predicted octanol–water partition coefficient (Wildman–Crippen LogP) is 3.54. The Morgan fingerprint density at radius 3 is 2.80 bits per heavy atom. The van der Waals surface area contributed by atoms with Crippen molar-refractivity contribution in [2.75, 3.05) is 5.75 Å². The van der Waals surface area contributed by atoms with Crippen LogP contribution in [0.5, 0.6) is 0 Å². The van der Waals surface area contributed by atoms with Crippen LogP contribution < -0.4 is 0 Å². The number of nitrogens with one attached hydrogen (secondary N) is 1. The number of fused-ring (bicyclic) bond motifs is 1. The van der Waals surface area contributed by atoms with Gasteiger partial charge >= 0.3 is 0 Å². The van der Waals surface area contributed by atoms with Gasteiger partial charge in [0.15, 0.2) is 0 Å². The maximum atomic E-state index is 12.1. The van der Waals surface area contributed by atoms with Crippen LogP contribution >= 0.6 is 15.9 Å². The van der Waals surface area contributed by atoms with E-state index in [9.17, 15) is 4.21 Å². The zero-order valence-electron chi connectivity index (χ0n) is 8.84. The predicted molar refractivity (Wildman–Crippen MR) is 65.8 cm³/mol. The van der Waals surface area contributed by atoms with Crippen LogP contribution in [0, 0.1) is 4.78 Å². The zero-order valence-corrected chi connectivity index (χ0v) is 11.2. The van der Waals surface area contributed by atoms with Gasteiger partial charge in [0.1, 0.15) is 0 Å². The number of hydrogen-bond donors (Lipinski definition) is 1. The fraction of sp³-hybridized carbons (Fsp3) is 0.455. The van der Waals surface area contributed by atoms with Gasteiger partial charge in [0.2, 0.25) is 0 Å². The van der Waals surface area contributed by atoms with Crippen LogP contribution in [0.15, 0.2) is 27.6 Å². The van der Waals surface area contributed by atoms with Crippen molar-refractivity contribution < 1.29 is 4.21 Å². The summed E-state index contributed by atoms with van der Waals surface area (Å²) in [6.07, 6.45) is 0.818. The lowest BCUT2D eigenvalue weighted by Crippen LogP contribution is -2.29. The number of hydrogen-bond acceptors (Lipinski definition) is 2. The molecule has 1 atom stereocenters. The smallest absolute Gasteiger partial charge is 0.0729 e. The first-order valence-electron chi connectivity index (χ1n) is 4.89. The lowest BCUT2D eigenvalue weighted by molar-refractivity contribution is 0.484. The standard InChI is InChI=1S/C11H14BrNOS/c1-11(2)5-6-15(13,14)10-4-3-8(12)7-9(10)11/h3-4,7,13H,5-6H2,1-2H3. The second-order valence-electron chi connectivity index (χ2n) is 4.65. The van der Waals surface area contributed by atoms with Crippen molar-refractivity contribution >= 4 is 25.7 Å². The molecule has 1 aliphatic heterocycles. The summed E-state index contributed by atoms with van der Waals surface area (Å²) in [5.41, 5.74) is 1.09. The molecule has 1 aromatic rings. The molecule has 1 aromatic carbocycles. The molecule has 0 spiro atoms. The highest BCUT2D eigenvalue weighted by atomic mass is 79.9. The molecule has 0 radical (unpaired) electrons. The Labute approximate surface area is 99.2 Å². The molecule has 1 N–H and O–H groups in total. The van der Waals surface area contributed by atoms with Gasteiger partial charge in [-0.2, -0.15) is 0 Å². The first-order chi connectivity index (χ1) is 6.83. The maximum absolute atomic E-state index is 12.1. The molecule has 0 amide bonds. The average Bonchev–Trinajstić information content (AvgIpc) is 2.13. The van der Waals surface area contributed by atoms with Crippen molar-refractivity contribution in [3.05, 3.63) is 28.2 Å². The molecule has 1 unspecified atom stereocenters. The molecule has 4 heteroatoms. The summed E-state index contributed by atoms with van der Waals surface area (Å²) in [6.45, 7) is 4.29. The highest BCUT2D eigenvalue weighted by molar-refractivity contribution is 9.10. The van der Waals surface area contributed by atoms with Crippen molar-refractivity contribution in [3.63, 3.8) is 0 Å². The minimum absolute atomic E-state index is 0.0288. The molecule has 0 saturated heterocycles. The van der Waals surface area contributed by atoms with Gasteiger partial charge in [-0.25, -0.2) is 8.99 Å². The van der Waals surface area contributed by atoms with E-state index in [1.165, 1.54) is 0 Å². The Hall–Kier alpha value is -0.350. The van der Waals surface area contributed by atoms with Crippen molar-refractivity contribution in [2.24, 2.45) is 0 Å². The van der Waals surface area contributed by atoms with Crippen LogP contribution in [0.4, 0.5) is 0 Å². The van der Waals surface area contributed by atoms with Crippen LogP contribution in [0.25, 0.3) is 0 Å². The summed E-state index contributed by atoms with van der Waals surface area (Å²) in [6, 6.07) is 5.70. The third-order valence-corrected chi connectivity index (χ3v) is 5.38. The Morgan fingerprint density at radius 2 is 2.13 bits per heavy atom. The van der Waals surface area contributed by atoms with Crippen LogP contribution in [0.3, 0.4) is 0 Å². The largest absolute Gasteiger partial charge is 0.249 e. The summed E-state index contributed by atoms with van der Waals surface area (Å²) in [5.74, 6) is 0.481. The van der Waals surface area contributed by atoms with E-state index in [0.717, 1.165) is 21.4 Å². The molecule has 0 aliphatic carbocycles. The zero-order chi connectivity index (χ0) is 11.3. The maximum Gasteiger partial charge on any atom is 0.0729 e. The van der Waals surface area contributed by atoms with Gasteiger partial charge in [-0.1, -0.05) is 29.8 Å². The van der Waals surface area contributed by atoms with Gasteiger partial charge in [0, 0.05) is 10.2 Å². The normalized spacial score (nSPS) is 28.5. The van der Waals surface area contributed by atoms with Gasteiger partial charge in [-0.3, -0.25) is 0 Å². The van der Waals surface area contributed by atoms with Crippen molar-refractivity contribution in [3.8, 4) is 0 Å². The quantitative estimate of drug-likeness (QED) is 0.779. The van der Waals surface area contributed by atoms with Gasteiger partial charge < -0.3 is 0 Å². The molecule has 0 bridgehead atoms. The summed E-state index contributed by atoms with van der Waals surface area (Å²) < 4.78 is 20.9. The van der Waals surface area contributed by atoms with Crippen LogP contribution in [0.1, 0.15) is 25.8 Å². The van der Waals surface area contributed by atoms with E-state index in [1.54, 1.807) is 0 Å². The Morgan fingerprint density at radius 1 is 1.47 bits per heavy atom. The summed E-state index contributed by atoms with van der Waals surface area (Å²) in [4.78, 5) is 0.724. The molecule has 0 aromatic heterocycles. The van der Waals surface area contributed by atoms with E-state index >= 15 is 0 Å². The SMILES string of the molecule is CC1(C)CCS(=N)(=O)c2ccc(Br)cc21. The Kier molecular flexibility index (Phi) is 2.47. The van der Waals surface area contributed by atoms with E-state index in [2.05, 4.69) is 29.8 Å². The lowest BCUT2D eigenvalue weighted by Gasteiger charge is -2.33. The van der Waals surface area contributed by atoms with E-state index in [0.29, 0.717) is 5.75 Å². The Bertz CT molecular complexity index is 505. The minimum Gasteiger partial charge on any atom is -0.249 e. The van der Waals surface area contributed by atoms with Crippen molar-refractivity contribution in [2.45, 2.75) is 30.6 Å². The van der Waals surface area contributed by atoms with Crippen molar-refractivity contribution in [1.29, 1.82) is 4.78 Å². The van der Waals surface area contributed by atoms with E-state index in [4.69, 9.17) is 4.78 Å². The monoisotopic (exact) mass is 287 g/mol. The molecular formula is C11H14BrNOS. The summed E-state index contributed by atoms with van der Waals surface area (Å²) in [5, 5.41) is 0.